The van der Waals surface area contributed by atoms with E-state index in [9.17, 15) is 4.79 Å². The molecular weight excluding hydrogens is 316 g/mol. The number of ether oxygens (including phenoxy) is 2. The Hall–Kier alpha value is -1.23. The zero-order valence-electron chi connectivity index (χ0n) is 14.9. The van der Waals surface area contributed by atoms with Gasteiger partial charge in [-0.1, -0.05) is 43.2 Å². The summed E-state index contributed by atoms with van der Waals surface area (Å²) in [5.74, 6) is 1.16. The van der Waals surface area contributed by atoms with Crippen LogP contribution in [0.25, 0.3) is 0 Å². The first-order valence-electron chi connectivity index (χ1n) is 9.68. The van der Waals surface area contributed by atoms with Crippen LogP contribution in [0.3, 0.4) is 0 Å². The van der Waals surface area contributed by atoms with Gasteiger partial charge in [-0.25, -0.2) is 0 Å². The molecule has 0 amide bonds. The number of hydrogen-bond acceptors (Lipinski definition) is 4. The highest BCUT2D eigenvalue weighted by Crippen LogP contribution is 2.40. The van der Waals surface area contributed by atoms with Gasteiger partial charge in [0.2, 0.25) is 0 Å². The van der Waals surface area contributed by atoms with Gasteiger partial charge in [-0.15, -0.1) is 0 Å². The molecule has 1 heterocycles. The SMILES string of the molecule is O=C1CC(CCc2ccccc2)C(CCCCO)CC1C1OCCO1. The van der Waals surface area contributed by atoms with Crippen LogP contribution >= 0.6 is 0 Å². The lowest BCUT2D eigenvalue weighted by molar-refractivity contribution is -0.148. The van der Waals surface area contributed by atoms with Crippen LogP contribution in [-0.4, -0.2) is 37.0 Å². The van der Waals surface area contributed by atoms with E-state index in [4.69, 9.17) is 14.6 Å². The molecule has 3 rings (SSSR count). The number of benzene rings is 1. The van der Waals surface area contributed by atoms with Crippen molar-refractivity contribution in [3.05, 3.63) is 35.9 Å². The summed E-state index contributed by atoms with van der Waals surface area (Å²) in [5, 5.41) is 9.09. The maximum absolute atomic E-state index is 12.7. The molecule has 3 unspecified atom stereocenters. The van der Waals surface area contributed by atoms with Crippen molar-refractivity contribution in [1.29, 1.82) is 0 Å². The second kappa shape index (κ2) is 9.46. The average molecular weight is 346 g/mol. The molecule has 1 N–H and O–H groups in total. The Labute approximate surface area is 150 Å². The van der Waals surface area contributed by atoms with Gasteiger partial charge in [0.15, 0.2) is 6.29 Å². The van der Waals surface area contributed by atoms with Crippen LogP contribution in [0.4, 0.5) is 0 Å². The highest BCUT2D eigenvalue weighted by Gasteiger charge is 2.41. The van der Waals surface area contributed by atoms with Crippen LogP contribution in [0.2, 0.25) is 0 Å². The molecule has 1 saturated carbocycles. The number of carbonyl (C=O) groups is 1. The van der Waals surface area contributed by atoms with Gasteiger partial charge in [0.05, 0.1) is 19.1 Å². The van der Waals surface area contributed by atoms with Gasteiger partial charge in [-0.3, -0.25) is 4.79 Å². The number of ketones is 1. The van der Waals surface area contributed by atoms with E-state index in [0.717, 1.165) is 38.5 Å². The molecule has 138 valence electrons. The van der Waals surface area contributed by atoms with Crippen molar-refractivity contribution >= 4 is 5.78 Å². The summed E-state index contributed by atoms with van der Waals surface area (Å²) in [5.41, 5.74) is 1.34. The highest BCUT2D eigenvalue weighted by molar-refractivity contribution is 5.82. The van der Waals surface area contributed by atoms with Crippen molar-refractivity contribution in [3.63, 3.8) is 0 Å². The first kappa shape index (κ1) is 18.6. The average Bonchev–Trinajstić information content (AvgIpc) is 3.17. The number of aliphatic hydroxyl groups is 1. The third-order valence-electron chi connectivity index (χ3n) is 5.71. The van der Waals surface area contributed by atoms with Crippen molar-refractivity contribution < 1.29 is 19.4 Å². The second-order valence-electron chi connectivity index (χ2n) is 7.39. The molecule has 0 spiro atoms. The van der Waals surface area contributed by atoms with E-state index >= 15 is 0 Å². The minimum Gasteiger partial charge on any atom is -0.396 e. The fourth-order valence-electron chi connectivity index (χ4n) is 4.30. The molecular formula is C21H30O4. The Kier molecular flexibility index (Phi) is 7.02. The van der Waals surface area contributed by atoms with Gasteiger partial charge in [-0.05, 0) is 43.1 Å². The zero-order chi connectivity index (χ0) is 17.5. The Morgan fingerprint density at radius 3 is 2.48 bits per heavy atom. The number of hydrogen-bond donors (Lipinski definition) is 1. The van der Waals surface area contributed by atoms with Gasteiger partial charge in [0, 0.05) is 13.0 Å². The third kappa shape index (κ3) is 5.13. The van der Waals surface area contributed by atoms with Crippen molar-refractivity contribution in [2.45, 2.75) is 51.2 Å². The van der Waals surface area contributed by atoms with Crippen molar-refractivity contribution in [3.8, 4) is 0 Å². The number of aryl methyl sites for hydroxylation is 1. The summed E-state index contributed by atoms with van der Waals surface area (Å²) >= 11 is 0. The Balaban J connectivity index is 1.61. The van der Waals surface area contributed by atoms with Crippen LogP contribution in [0, 0.1) is 17.8 Å². The van der Waals surface area contributed by atoms with E-state index in [1.165, 1.54) is 5.56 Å². The summed E-state index contributed by atoms with van der Waals surface area (Å²) in [6, 6.07) is 10.5. The summed E-state index contributed by atoms with van der Waals surface area (Å²) in [6.07, 6.45) is 6.21. The van der Waals surface area contributed by atoms with Crippen molar-refractivity contribution in [2.75, 3.05) is 19.8 Å². The molecule has 1 aliphatic heterocycles. The van der Waals surface area contributed by atoms with Gasteiger partial charge in [0.1, 0.15) is 5.78 Å². The zero-order valence-corrected chi connectivity index (χ0v) is 14.9. The molecule has 25 heavy (non-hydrogen) atoms. The Morgan fingerprint density at radius 1 is 1.00 bits per heavy atom. The maximum atomic E-state index is 12.7. The predicted octanol–water partition coefficient (Wildman–Crippen LogP) is 3.37. The van der Waals surface area contributed by atoms with Crippen molar-refractivity contribution in [1.82, 2.24) is 0 Å². The Morgan fingerprint density at radius 2 is 1.76 bits per heavy atom. The molecule has 1 aliphatic carbocycles. The standard InChI is InChI=1S/C21H30O4/c22-11-5-4-8-17-14-19(21-24-12-13-25-21)20(23)15-18(17)10-9-16-6-2-1-3-7-16/h1-3,6-7,17-19,21-22H,4-5,8-15H2. The fourth-order valence-corrected chi connectivity index (χ4v) is 4.30. The summed E-state index contributed by atoms with van der Waals surface area (Å²) in [6.45, 7) is 1.45. The number of carbonyl (C=O) groups excluding carboxylic acids is 1. The third-order valence-corrected chi connectivity index (χ3v) is 5.71. The lowest BCUT2D eigenvalue weighted by Crippen LogP contribution is -2.39. The smallest absolute Gasteiger partial charge is 0.167 e. The van der Waals surface area contributed by atoms with E-state index in [0.29, 0.717) is 37.3 Å². The molecule has 2 fully saturated rings. The minimum absolute atomic E-state index is 0.102. The first-order valence-corrected chi connectivity index (χ1v) is 9.68. The molecule has 0 radical (unpaired) electrons. The number of rotatable bonds is 8. The first-order chi connectivity index (χ1) is 12.3. The second-order valence-corrected chi connectivity index (χ2v) is 7.39. The lowest BCUT2D eigenvalue weighted by Gasteiger charge is -2.37. The maximum Gasteiger partial charge on any atom is 0.167 e. The van der Waals surface area contributed by atoms with Crippen LogP contribution in [0.15, 0.2) is 30.3 Å². The molecule has 1 aromatic rings. The van der Waals surface area contributed by atoms with Crippen LogP contribution in [-0.2, 0) is 20.7 Å². The molecule has 4 heteroatoms. The fraction of sp³-hybridized carbons (Fsp3) is 0.667. The van der Waals surface area contributed by atoms with Crippen molar-refractivity contribution in [2.24, 2.45) is 17.8 Å². The minimum atomic E-state index is -0.331. The normalized spacial score (nSPS) is 27.7. The quantitative estimate of drug-likeness (QED) is 0.733. The van der Waals surface area contributed by atoms with Gasteiger partial charge in [0.25, 0.3) is 0 Å². The van der Waals surface area contributed by atoms with Gasteiger partial charge >= 0.3 is 0 Å². The van der Waals surface area contributed by atoms with Crippen LogP contribution in [0.1, 0.15) is 44.1 Å². The van der Waals surface area contributed by atoms with Crippen LogP contribution < -0.4 is 0 Å². The van der Waals surface area contributed by atoms with E-state index in [1.807, 2.05) is 6.07 Å². The van der Waals surface area contributed by atoms with Gasteiger partial charge < -0.3 is 14.6 Å². The molecule has 1 aromatic carbocycles. The molecule has 3 atom stereocenters. The molecule has 2 aliphatic rings. The Bertz CT molecular complexity index is 524. The van der Waals surface area contributed by atoms with Gasteiger partial charge in [-0.2, -0.15) is 0 Å². The number of unbranched alkanes of at least 4 members (excludes halogenated alkanes) is 1. The van der Waals surface area contributed by atoms with E-state index in [-0.39, 0.29) is 18.8 Å². The van der Waals surface area contributed by atoms with Crippen LogP contribution in [0.5, 0.6) is 0 Å². The lowest BCUT2D eigenvalue weighted by atomic mass is 9.69. The summed E-state index contributed by atoms with van der Waals surface area (Å²) in [7, 11) is 0. The molecule has 1 saturated heterocycles. The number of Topliss-reactive ketones (excluding diaryl/α,β-unsaturated/α-hetero) is 1. The molecule has 4 nitrogen and oxygen atoms in total. The molecule has 0 aromatic heterocycles. The summed E-state index contributed by atoms with van der Waals surface area (Å²) < 4.78 is 11.2. The van der Waals surface area contributed by atoms with E-state index in [1.54, 1.807) is 0 Å². The van der Waals surface area contributed by atoms with E-state index in [2.05, 4.69) is 24.3 Å². The highest BCUT2D eigenvalue weighted by atomic mass is 16.7. The summed E-state index contributed by atoms with van der Waals surface area (Å²) in [4.78, 5) is 12.7. The predicted molar refractivity (Wildman–Crippen MR) is 96.1 cm³/mol. The topological polar surface area (TPSA) is 55.8 Å². The number of aliphatic hydroxyl groups excluding tert-OH is 1. The van der Waals surface area contributed by atoms with E-state index < -0.39 is 0 Å². The monoisotopic (exact) mass is 346 g/mol. The largest absolute Gasteiger partial charge is 0.396 e. The molecule has 0 bridgehead atoms.